The molecule has 1 aliphatic heterocycles. The molecule has 0 N–H and O–H groups in total. The van der Waals surface area contributed by atoms with E-state index < -0.39 is 22.5 Å². The molecule has 0 bridgehead atoms. The van der Waals surface area contributed by atoms with Crippen molar-refractivity contribution in [1.82, 2.24) is 15.1 Å². The third-order valence-electron chi connectivity index (χ3n) is 7.12. The van der Waals surface area contributed by atoms with Gasteiger partial charge in [-0.1, -0.05) is 31.1 Å². The molecule has 0 saturated carbocycles. The van der Waals surface area contributed by atoms with Crippen molar-refractivity contribution in [1.29, 1.82) is 0 Å². The molecule has 200 valence electrons. The van der Waals surface area contributed by atoms with Crippen LogP contribution in [0, 0.1) is 17.0 Å². The third kappa shape index (κ3) is 5.77. The number of ketones is 2. The minimum atomic E-state index is -0.812. The summed E-state index contributed by atoms with van der Waals surface area (Å²) in [5.74, 6) is -1.00. The van der Waals surface area contributed by atoms with Crippen LogP contribution in [0.3, 0.4) is 0 Å². The summed E-state index contributed by atoms with van der Waals surface area (Å²) in [5, 5.41) is 3.85. The Hall–Kier alpha value is -4.27. The standard InChI is InChI=1S/C30H28F2N4O3/c1-29(2,27-7-3-5-11-33-27)15-21(37)16-30(18-36(19-30)28-8-4-6-12-34-28)17-25(38)24-14-26(39-35-24)22-10-9-20(31)13-23(22)32/h3-14H,15-19H2,1-2H3. The van der Waals surface area contributed by atoms with Gasteiger partial charge in [0.2, 0.25) is 0 Å². The molecule has 5 rings (SSSR count). The zero-order valence-corrected chi connectivity index (χ0v) is 21.7. The van der Waals surface area contributed by atoms with E-state index in [1.54, 1.807) is 12.4 Å². The first-order valence-electron chi connectivity index (χ1n) is 12.7. The number of benzene rings is 1. The summed E-state index contributed by atoms with van der Waals surface area (Å²) in [5.41, 5.74) is -0.212. The van der Waals surface area contributed by atoms with Crippen molar-refractivity contribution in [2.45, 2.75) is 38.5 Å². The van der Waals surface area contributed by atoms with Crippen molar-refractivity contribution in [3.8, 4) is 11.3 Å². The Kier molecular flexibility index (Phi) is 7.08. The molecule has 1 fully saturated rings. The Bertz CT molecular complexity index is 1480. The molecule has 9 heteroatoms. The number of carbonyl (C=O) groups excluding carboxylic acids is 2. The molecule has 4 aromatic rings. The molecule has 1 aliphatic rings. The highest BCUT2D eigenvalue weighted by Crippen LogP contribution is 2.42. The van der Waals surface area contributed by atoms with Gasteiger partial charge in [-0.05, 0) is 36.4 Å². The fraction of sp³-hybridized carbons (Fsp3) is 0.300. The maximum absolute atomic E-state index is 14.2. The van der Waals surface area contributed by atoms with E-state index in [0.717, 1.165) is 23.6 Å². The topological polar surface area (TPSA) is 89.2 Å². The number of nitrogens with zero attached hydrogens (tertiary/aromatic N) is 4. The van der Waals surface area contributed by atoms with Crippen molar-refractivity contribution in [2.24, 2.45) is 5.41 Å². The highest BCUT2D eigenvalue weighted by molar-refractivity contribution is 5.96. The first-order chi connectivity index (χ1) is 18.6. The van der Waals surface area contributed by atoms with Crippen LogP contribution < -0.4 is 4.90 Å². The summed E-state index contributed by atoms with van der Waals surface area (Å²) < 4.78 is 32.7. The Morgan fingerprint density at radius 2 is 1.72 bits per heavy atom. The predicted molar refractivity (Wildman–Crippen MR) is 141 cm³/mol. The van der Waals surface area contributed by atoms with Gasteiger partial charge in [-0.2, -0.15) is 0 Å². The van der Waals surface area contributed by atoms with E-state index in [1.165, 1.54) is 12.1 Å². The molecule has 7 nitrogen and oxygen atoms in total. The van der Waals surface area contributed by atoms with Gasteiger partial charge in [0.15, 0.2) is 11.5 Å². The van der Waals surface area contributed by atoms with Crippen molar-refractivity contribution < 1.29 is 22.9 Å². The van der Waals surface area contributed by atoms with Gasteiger partial charge in [0.05, 0.1) is 5.56 Å². The largest absolute Gasteiger partial charge is 0.355 e. The van der Waals surface area contributed by atoms with Crippen LogP contribution in [0.1, 0.15) is 49.3 Å². The van der Waals surface area contributed by atoms with Crippen molar-refractivity contribution in [3.63, 3.8) is 0 Å². The highest BCUT2D eigenvalue weighted by atomic mass is 19.1. The van der Waals surface area contributed by atoms with E-state index in [4.69, 9.17) is 4.52 Å². The Labute approximate surface area is 224 Å². The van der Waals surface area contributed by atoms with E-state index in [-0.39, 0.29) is 47.8 Å². The summed E-state index contributed by atoms with van der Waals surface area (Å²) in [4.78, 5) is 37.6. The fourth-order valence-electron chi connectivity index (χ4n) is 5.23. The van der Waals surface area contributed by atoms with Gasteiger partial charge < -0.3 is 9.42 Å². The first kappa shape index (κ1) is 26.3. The number of halogens is 2. The monoisotopic (exact) mass is 530 g/mol. The summed E-state index contributed by atoms with van der Waals surface area (Å²) >= 11 is 0. The maximum atomic E-state index is 14.2. The van der Waals surface area contributed by atoms with Crippen LogP contribution in [0.5, 0.6) is 0 Å². The number of rotatable bonds is 10. The number of hydrogen-bond acceptors (Lipinski definition) is 7. The second-order valence-corrected chi connectivity index (χ2v) is 10.8. The molecule has 0 unspecified atom stereocenters. The van der Waals surface area contributed by atoms with Crippen LogP contribution in [0.25, 0.3) is 11.3 Å². The zero-order valence-electron chi connectivity index (χ0n) is 21.7. The van der Waals surface area contributed by atoms with Gasteiger partial charge in [-0.15, -0.1) is 0 Å². The van der Waals surface area contributed by atoms with E-state index in [9.17, 15) is 18.4 Å². The average molecular weight is 531 g/mol. The summed E-state index contributed by atoms with van der Waals surface area (Å²) in [6.07, 6.45) is 3.95. The lowest BCUT2D eigenvalue weighted by molar-refractivity contribution is -0.122. The number of aromatic nitrogens is 3. The van der Waals surface area contributed by atoms with Crippen LogP contribution in [-0.2, 0) is 10.2 Å². The molecular formula is C30H28F2N4O3. The van der Waals surface area contributed by atoms with E-state index in [1.807, 2.05) is 55.1 Å². The third-order valence-corrected chi connectivity index (χ3v) is 7.12. The molecule has 1 aromatic carbocycles. The lowest BCUT2D eigenvalue weighted by Gasteiger charge is -2.50. The first-order valence-corrected chi connectivity index (χ1v) is 12.7. The van der Waals surface area contributed by atoms with Gasteiger partial charge in [-0.25, -0.2) is 13.8 Å². The Morgan fingerprint density at radius 1 is 0.974 bits per heavy atom. The lowest BCUT2D eigenvalue weighted by atomic mass is 9.69. The lowest BCUT2D eigenvalue weighted by Crippen LogP contribution is -2.58. The molecular weight excluding hydrogens is 502 g/mol. The smallest absolute Gasteiger partial charge is 0.185 e. The molecule has 0 atom stereocenters. The molecule has 3 aromatic heterocycles. The van der Waals surface area contributed by atoms with Gasteiger partial charge in [-0.3, -0.25) is 14.6 Å². The van der Waals surface area contributed by atoms with E-state index in [0.29, 0.717) is 13.1 Å². The van der Waals surface area contributed by atoms with E-state index >= 15 is 0 Å². The van der Waals surface area contributed by atoms with Gasteiger partial charge >= 0.3 is 0 Å². The predicted octanol–water partition coefficient (Wildman–Crippen LogP) is 5.82. The molecule has 0 amide bonds. The van der Waals surface area contributed by atoms with Gasteiger partial charge in [0, 0.05) is 73.4 Å². The molecule has 0 spiro atoms. The van der Waals surface area contributed by atoms with Crippen LogP contribution in [-0.4, -0.2) is 39.8 Å². The summed E-state index contributed by atoms with van der Waals surface area (Å²) in [6.45, 7) is 4.92. The maximum Gasteiger partial charge on any atom is 0.185 e. The molecule has 4 heterocycles. The zero-order chi connectivity index (χ0) is 27.6. The SMILES string of the molecule is CC(C)(CC(=O)CC1(CC(=O)c2cc(-c3ccc(F)cc3F)on2)CN(c2ccccn2)C1)c1ccccn1. The Balaban J connectivity index is 1.33. The highest BCUT2D eigenvalue weighted by Gasteiger charge is 2.47. The summed E-state index contributed by atoms with van der Waals surface area (Å²) in [7, 11) is 0. The summed E-state index contributed by atoms with van der Waals surface area (Å²) in [6, 6.07) is 15.7. The second-order valence-electron chi connectivity index (χ2n) is 10.8. The Morgan fingerprint density at radius 3 is 2.38 bits per heavy atom. The van der Waals surface area contributed by atoms with Crippen molar-refractivity contribution in [2.75, 3.05) is 18.0 Å². The number of pyridine rings is 2. The van der Waals surface area contributed by atoms with Crippen LogP contribution in [0.4, 0.5) is 14.6 Å². The number of carbonyl (C=O) groups is 2. The number of hydrogen-bond donors (Lipinski definition) is 0. The minimum absolute atomic E-state index is 0.00886. The van der Waals surface area contributed by atoms with Crippen molar-refractivity contribution >= 4 is 17.4 Å². The van der Waals surface area contributed by atoms with Crippen LogP contribution >= 0.6 is 0 Å². The van der Waals surface area contributed by atoms with Gasteiger partial charge in [0.25, 0.3) is 0 Å². The quantitative estimate of drug-likeness (QED) is 0.239. The van der Waals surface area contributed by atoms with Crippen LogP contribution in [0.15, 0.2) is 77.6 Å². The normalized spacial score (nSPS) is 14.6. The fourth-order valence-corrected chi connectivity index (χ4v) is 5.23. The second kappa shape index (κ2) is 10.5. The average Bonchev–Trinajstić information content (AvgIpc) is 3.38. The number of anilines is 1. The van der Waals surface area contributed by atoms with Gasteiger partial charge in [0.1, 0.15) is 28.9 Å². The van der Waals surface area contributed by atoms with E-state index in [2.05, 4.69) is 15.1 Å². The number of Topliss-reactive ketones (excluding diaryl/α,β-unsaturated/α-hetero) is 2. The molecule has 39 heavy (non-hydrogen) atoms. The molecule has 0 aliphatic carbocycles. The molecule has 1 saturated heterocycles. The van der Waals surface area contributed by atoms with Crippen molar-refractivity contribution in [3.05, 3.63) is 96.1 Å². The van der Waals surface area contributed by atoms with Crippen LogP contribution in [0.2, 0.25) is 0 Å². The minimum Gasteiger partial charge on any atom is -0.355 e. The molecule has 0 radical (unpaired) electrons.